The quantitative estimate of drug-likeness (QED) is 0.558. The molecule has 0 aromatic heterocycles. The SMILES string of the molecule is [2H]C1(C(=O)O)CCCC1. The van der Waals surface area contributed by atoms with Crippen molar-refractivity contribution in [1.29, 1.82) is 0 Å². The first-order chi connectivity index (χ1) is 4.15. The molecule has 0 saturated heterocycles. The Morgan fingerprint density at radius 2 is 2.12 bits per heavy atom. The van der Waals surface area contributed by atoms with E-state index >= 15 is 0 Å². The van der Waals surface area contributed by atoms with Crippen LogP contribution in [0.15, 0.2) is 0 Å². The van der Waals surface area contributed by atoms with Gasteiger partial charge in [0.2, 0.25) is 0 Å². The molecule has 0 unspecified atom stereocenters. The zero-order valence-corrected chi connectivity index (χ0v) is 4.68. The molecule has 1 rings (SSSR count). The summed E-state index contributed by atoms with van der Waals surface area (Å²) in [5.74, 6) is -2.10. The number of carbonyl (C=O) groups is 1. The number of hydrogen-bond acceptors (Lipinski definition) is 1. The molecule has 1 fully saturated rings. The molecule has 1 aliphatic carbocycles. The Kier molecular flexibility index (Phi) is 1.18. The summed E-state index contributed by atoms with van der Waals surface area (Å²) in [6, 6.07) is 0. The van der Waals surface area contributed by atoms with Gasteiger partial charge in [0.1, 0.15) is 0 Å². The Bertz CT molecular complexity index is 127. The fourth-order valence-corrected chi connectivity index (χ4v) is 1.02. The van der Waals surface area contributed by atoms with Gasteiger partial charge < -0.3 is 5.11 Å². The summed E-state index contributed by atoms with van der Waals surface area (Å²) in [5, 5.41) is 8.48. The van der Waals surface area contributed by atoms with E-state index in [1.165, 1.54) is 0 Å². The van der Waals surface area contributed by atoms with Crippen molar-refractivity contribution in [1.82, 2.24) is 0 Å². The highest BCUT2D eigenvalue weighted by atomic mass is 16.4. The maximum atomic E-state index is 10.3. The summed E-state index contributed by atoms with van der Waals surface area (Å²) >= 11 is 0. The van der Waals surface area contributed by atoms with E-state index < -0.39 is 11.9 Å². The predicted octanol–water partition coefficient (Wildman–Crippen LogP) is 1.26. The smallest absolute Gasteiger partial charge is 0.306 e. The normalized spacial score (nSPS) is 27.2. The Balaban J connectivity index is 2.61. The molecule has 0 amide bonds. The third-order valence-corrected chi connectivity index (χ3v) is 1.51. The highest BCUT2D eigenvalue weighted by molar-refractivity contribution is 5.70. The van der Waals surface area contributed by atoms with Gasteiger partial charge >= 0.3 is 5.97 Å². The van der Waals surface area contributed by atoms with Crippen LogP contribution in [0.2, 0.25) is 0 Å². The number of carboxylic acid groups (broad SMARTS) is 1. The molecule has 1 aliphatic rings. The van der Waals surface area contributed by atoms with Crippen molar-refractivity contribution in [2.75, 3.05) is 0 Å². The van der Waals surface area contributed by atoms with Crippen molar-refractivity contribution in [3.05, 3.63) is 0 Å². The molecular formula is C6H10O2. The summed E-state index contributed by atoms with van der Waals surface area (Å²) < 4.78 is 7.34. The van der Waals surface area contributed by atoms with E-state index in [-0.39, 0.29) is 0 Å². The van der Waals surface area contributed by atoms with Crippen molar-refractivity contribution in [2.24, 2.45) is 5.89 Å². The summed E-state index contributed by atoms with van der Waals surface area (Å²) in [5.41, 5.74) is 0. The minimum atomic E-state index is -1.14. The van der Waals surface area contributed by atoms with Gasteiger partial charge in [-0.1, -0.05) is 12.8 Å². The fourth-order valence-electron chi connectivity index (χ4n) is 1.02. The lowest BCUT2D eigenvalue weighted by molar-refractivity contribution is -0.141. The van der Waals surface area contributed by atoms with Gasteiger partial charge in [0.15, 0.2) is 0 Å². The molecule has 46 valence electrons. The number of carboxylic acids is 1. The van der Waals surface area contributed by atoms with Crippen molar-refractivity contribution < 1.29 is 11.3 Å². The van der Waals surface area contributed by atoms with E-state index in [0.29, 0.717) is 12.8 Å². The third kappa shape index (κ3) is 0.997. The molecule has 2 nitrogen and oxygen atoms in total. The minimum Gasteiger partial charge on any atom is -0.481 e. The molecule has 0 spiro atoms. The number of rotatable bonds is 1. The molecule has 0 heterocycles. The van der Waals surface area contributed by atoms with Crippen LogP contribution in [-0.2, 0) is 4.79 Å². The maximum absolute atomic E-state index is 10.3. The van der Waals surface area contributed by atoms with Gasteiger partial charge in [-0.2, -0.15) is 0 Å². The second-order valence-corrected chi connectivity index (χ2v) is 2.12. The van der Waals surface area contributed by atoms with Gasteiger partial charge in [0.25, 0.3) is 0 Å². The lowest BCUT2D eigenvalue weighted by atomic mass is 10.1. The molecule has 0 aromatic carbocycles. The van der Waals surface area contributed by atoms with Gasteiger partial charge in [0, 0.05) is 1.37 Å². The van der Waals surface area contributed by atoms with Crippen LogP contribution in [0.5, 0.6) is 0 Å². The second kappa shape index (κ2) is 2.16. The van der Waals surface area contributed by atoms with E-state index in [9.17, 15) is 4.79 Å². The van der Waals surface area contributed by atoms with E-state index in [1.807, 2.05) is 0 Å². The maximum Gasteiger partial charge on any atom is 0.306 e. The van der Waals surface area contributed by atoms with Crippen LogP contribution < -0.4 is 0 Å². The molecule has 0 bridgehead atoms. The molecule has 0 atom stereocenters. The molecular weight excluding hydrogens is 104 g/mol. The standard InChI is InChI=1S/C6H10O2/c7-6(8)5-3-1-2-4-5/h5H,1-4H2,(H,7,8)/i5D. The first-order valence-electron chi connectivity index (χ1n) is 3.38. The Morgan fingerprint density at radius 1 is 1.62 bits per heavy atom. The Labute approximate surface area is 49.9 Å². The average Bonchev–Trinajstić information content (AvgIpc) is 2.16. The van der Waals surface area contributed by atoms with Crippen LogP contribution >= 0.6 is 0 Å². The largest absolute Gasteiger partial charge is 0.481 e. The molecule has 2 heteroatoms. The average molecular weight is 115 g/mol. The third-order valence-electron chi connectivity index (χ3n) is 1.51. The molecule has 0 aliphatic heterocycles. The number of aliphatic carboxylic acids is 1. The summed E-state index contributed by atoms with van der Waals surface area (Å²) in [4.78, 5) is 10.3. The van der Waals surface area contributed by atoms with Crippen molar-refractivity contribution in [2.45, 2.75) is 25.7 Å². The van der Waals surface area contributed by atoms with E-state index in [0.717, 1.165) is 12.8 Å². The van der Waals surface area contributed by atoms with Gasteiger partial charge in [-0.15, -0.1) is 0 Å². The van der Waals surface area contributed by atoms with Crippen molar-refractivity contribution in [3.63, 3.8) is 0 Å². The van der Waals surface area contributed by atoms with Crippen LogP contribution in [-0.4, -0.2) is 11.1 Å². The van der Waals surface area contributed by atoms with Gasteiger partial charge in [-0.3, -0.25) is 4.79 Å². The second-order valence-electron chi connectivity index (χ2n) is 2.12. The summed E-state index contributed by atoms with van der Waals surface area (Å²) in [7, 11) is 0. The topological polar surface area (TPSA) is 37.3 Å². The van der Waals surface area contributed by atoms with Gasteiger partial charge in [-0.05, 0) is 12.8 Å². The highest BCUT2D eigenvalue weighted by Gasteiger charge is 2.20. The van der Waals surface area contributed by atoms with E-state index in [2.05, 4.69) is 0 Å². The van der Waals surface area contributed by atoms with Crippen molar-refractivity contribution in [3.8, 4) is 0 Å². The van der Waals surface area contributed by atoms with Crippen LogP contribution in [0, 0.1) is 5.89 Å². The first-order valence-corrected chi connectivity index (χ1v) is 2.88. The van der Waals surface area contributed by atoms with Crippen LogP contribution in [0.3, 0.4) is 0 Å². The molecule has 0 radical (unpaired) electrons. The van der Waals surface area contributed by atoms with Gasteiger partial charge in [-0.25, -0.2) is 0 Å². The monoisotopic (exact) mass is 115 g/mol. The zero-order valence-electron chi connectivity index (χ0n) is 5.68. The van der Waals surface area contributed by atoms with Crippen LogP contribution in [0.25, 0.3) is 0 Å². The highest BCUT2D eigenvalue weighted by Crippen LogP contribution is 2.24. The first kappa shape index (κ1) is 4.36. The van der Waals surface area contributed by atoms with Crippen molar-refractivity contribution >= 4 is 5.97 Å². The molecule has 1 saturated carbocycles. The van der Waals surface area contributed by atoms with Crippen LogP contribution in [0.1, 0.15) is 27.1 Å². The molecule has 8 heavy (non-hydrogen) atoms. The minimum absolute atomic E-state index is 0.530. The zero-order chi connectivity index (χ0) is 6.91. The van der Waals surface area contributed by atoms with E-state index in [4.69, 9.17) is 6.48 Å². The number of hydrogen-bond donors (Lipinski definition) is 1. The lowest BCUT2D eigenvalue weighted by Crippen LogP contribution is -2.07. The summed E-state index contributed by atoms with van der Waals surface area (Å²) in [6.07, 6.45) is 2.86. The molecule has 0 aromatic rings. The van der Waals surface area contributed by atoms with E-state index in [1.54, 1.807) is 0 Å². The molecule has 1 N–H and O–H groups in total. The fraction of sp³-hybridized carbons (Fsp3) is 0.833. The Morgan fingerprint density at radius 3 is 2.38 bits per heavy atom. The van der Waals surface area contributed by atoms with Crippen LogP contribution in [0.4, 0.5) is 0 Å². The van der Waals surface area contributed by atoms with Gasteiger partial charge in [0.05, 0.1) is 5.89 Å². The lowest BCUT2D eigenvalue weighted by Gasteiger charge is -1.97. The predicted molar refractivity (Wildman–Crippen MR) is 29.6 cm³/mol. The Hall–Kier alpha value is -0.530. The summed E-state index contributed by atoms with van der Waals surface area (Å²) in [6.45, 7) is 0.